The van der Waals surface area contributed by atoms with Crippen LogP contribution in [0.5, 0.6) is 0 Å². The first-order chi connectivity index (χ1) is 23.0. The molecule has 0 spiro atoms. The first kappa shape index (κ1) is 28.8. The summed E-state index contributed by atoms with van der Waals surface area (Å²) in [4.78, 5) is 2.47. The number of hydrogen-bond acceptors (Lipinski definition) is 1. The summed E-state index contributed by atoms with van der Waals surface area (Å²) in [6.45, 7) is 6.97. The highest BCUT2D eigenvalue weighted by Gasteiger charge is 2.36. The van der Waals surface area contributed by atoms with E-state index in [0.717, 1.165) is 11.4 Å². The van der Waals surface area contributed by atoms with E-state index in [1.54, 1.807) is 0 Å². The number of nitrogens with zero attached hydrogens (tertiary/aromatic N) is 1. The topological polar surface area (TPSA) is 3.24 Å². The number of anilines is 3. The number of benzene rings is 7. The molecule has 1 aliphatic rings. The molecule has 1 heteroatoms. The summed E-state index contributed by atoms with van der Waals surface area (Å²) in [5.74, 6) is 0. The molecule has 0 aromatic heterocycles. The Morgan fingerprint density at radius 1 is 0.383 bits per heavy atom. The van der Waals surface area contributed by atoms with E-state index in [-0.39, 0.29) is 5.41 Å². The van der Waals surface area contributed by atoms with E-state index in [1.807, 2.05) is 0 Å². The zero-order valence-corrected chi connectivity index (χ0v) is 27.1. The third-order valence-electron chi connectivity index (χ3n) is 9.77. The SMILES string of the molecule is Cc1cc(-c2ccccc2)cc(-c2ccccc2)c1N(c1ccc(-c2ccccc2)cc1)c1ccc2c(c1)C(C)(C)c1ccccc1-2. The van der Waals surface area contributed by atoms with Crippen molar-refractivity contribution in [2.24, 2.45) is 0 Å². The maximum Gasteiger partial charge on any atom is 0.0569 e. The molecule has 1 aliphatic carbocycles. The van der Waals surface area contributed by atoms with Crippen LogP contribution in [-0.4, -0.2) is 0 Å². The van der Waals surface area contributed by atoms with Crippen LogP contribution in [0.3, 0.4) is 0 Å². The minimum absolute atomic E-state index is 0.0980. The van der Waals surface area contributed by atoms with Gasteiger partial charge >= 0.3 is 0 Å². The average Bonchev–Trinajstić information content (AvgIpc) is 3.36. The molecule has 7 aromatic carbocycles. The van der Waals surface area contributed by atoms with Gasteiger partial charge in [0.1, 0.15) is 0 Å². The molecule has 8 rings (SSSR count). The maximum atomic E-state index is 2.47. The highest BCUT2D eigenvalue weighted by Crippen LogP contribution is 2.52. The van der Waals surface area contributed by atoms with Gasteiger partial charge in [0.2, 0.25) is 0 Å². The molecule has 1 nitrogen and oxygen atoms in total. The van der Waals surface area contributed by atoms with E-state index in [4.69, 9.17) is 0 Å². The van der Waals surface area contributed by atoms with Gasteiger partial charge in [0, 0.05) is 22.4 Å². The van der Waals surface area contributed by atoms with Crippen LogP contribution >= 0.6 is 0 Å². The van der Waals surface area contributed by atoms with Crippen LogP contribution in [0, 0.1) is 6.92 Å². The van der Waals surface area contributed by atoms with Gasteiger partial charge in [-0.15, -0.1) is 0 Å². The normalized spacial score (nSPS) is 12.7. The number of hydrogen-bond donors (Lipinski definition) is 0. The predicted molar refractivity (Wildman–Crippen MR) is 200 cm³/mol. The molecule has 226 valence electrons. The molecule has 0 bridgehead atoms. The van der Waals surface area contributed by atoms with E-state index in [1.165, 1.54) is 66.9 Å². The van der Waals surface area contributed by atoms with Crippen LogP contribution in [0.1, 0.15) is 30.5 Å². The van der Waals surface area contributed by atoms with Crippen molar-refractivity contribution in [3.63, 3.8) is 0 Å². The van der Waals surface area contributed by atoms with Crippen molar-refractivity contribution in [3.8, 4) is 44.5 Å². The third kappa shape index (κ3) is 5.05. The van der Waals surface area contributed by atoms with Gasteiger partial charge in [0.15, 0.2) is 0 Å². The van der Waals surface area contributed by atoms with Gasteiger partial charge in [-0.25, -0.2) is 0 Å². The van der Waals surface area contributed by atoms with Crippen molar-refractivity contribution in [2.45, 2.75) is 26.2 Å². The lowest BCUT2D eigenvalue weighted by molar-refractivity contribution is 0.660. The molecule has 47 heavy (non-hydrogen) atoms. The first-order valence-electron chi connectivity index (χ1n) is 16.4. The third-order valence-corrected chi connectivity index (χ3v) is 9.77. The molecule has 7 aromatic rings. The van der Waals surface area contributed by atoms with Crippen LogP contribution < -0.4 is 4.90 Å². The highest BCUT2D eigenvalue weighted by molar-refractivity contribution is 5.94. The molecule has 0 atom stereocenters. The quantitative estimate of drug-likeness (QED) is 0.183. The largest absolute Gasteiger partial charge is 0.310 e. The Bertz CT molecular complexity index is 2200. The Morgan fingerprint density at radius 3 is 1.55 bits per heavy atom. The number of rotatable bonds is 6. The van der Waals surface area contributed by atoms with Gasteiger partial charge in [-0.3, -0.25) is 0 Å². The summed E-state index contributed by atoms with van der Waals surface area (Å²) in [7, 11) is 0. The summed E-state index contributed by atoms with van der Waals surface area (Å²) < 4.78 is 0. The molecule has 0 unspecified atom stereocenters. The monoisotopic (exact) mass is 603 g/mol. The van der Waals surface area contributed by atoms with Crippen molar-refractivity contribution < 1.29 is 0 Å². The standard InChI is InChI=1S/C46H37N/c1-32-29-37(34-17-9-5-10-18-34)30-42(36-19-11-6-12-20-36)45(32)47(38-25-23-35(24-26-38)33-15-7-4-8-16-33)39-27-28-41-40-21-13-14-22-43(40)46(2,3)44(41)31-39/h4-31H,1-3H3. The second kappa shape index (κ2) is 11.6. The maximum absolute atomic E-state index is 2.47. The summed E-state index contributed by atoms with van der Waals surface area (Å²) in [6.07, 6.45) is 0. The van der Waals surface area contributed by atoms with Gasteiger partial charge < -0.3 is 4.90 Å². The fraction of sp³-hybridized carbons (Fsp3) is 0.0870. The molecule has 0 radical (unpaired) electrons. The Kier molecular flexibility index (Phi) is 7.11. The lowest BCUT2D eigenvalue weighted by Crippen LogP contribution is -2.17. The molecular formula is C46H37N. The van der Waals surface area contributed by atoms with E-state index >= 15 is 0 Å². The van der Waals surface area contributed by atoms with Gasteiger partial charge in [-0.05, 0) is 99.0 Å². The summed E-state index contributed by atoms with van der Waals surface area (Å²) in [5, 5.41) is 0. The lowest BCUT2D eigenvalue weighted by atomic mass is 9.82. The van der Waals surface area contributed by atoms with Crippen molar-refractivity contribution in [3.05, 3.63) is 187 Å². The first-order valence-corrected chi connectivity index (χ1v) is 16.4. The lowest BCUT2D eigenvalue weighted by Gasteiger charge is -2.31. The fourth-order valence-electron chi connectivity index (χ4n) is 7.38. The highest BCUT2D eigenvalue weighted by atomic mass is 15.1. The van der Waals surface area contributed by atoms with E-state index in [9.17, 15) is 0 Å². The zero-order valence-electron chi connectivity index (χ0n) is 27.1. The molecule has 0 saturated carbocycles. The Balaban J connectivity index is 1.37. The Labute approximate surface area is 278 Å². The molecule has 0 heterocycles. The van der Waals surface area contributed by atoms with Crippen molar-refractivity contribution >= 4 is 17.1 Å². The molecule has 0 amide bonds. The number of aryl methyl sites for hydroxylation is 1. The van der Waals surface area contributed by atoms with Crippen LogP contribution in [0.25, 0.3) is 44.5 Å². The van der Waals surface area contributed by atoms with E-state index in [2.05, 4.69) is 196 Å². The van der Waals surface area contributed by atoms with E-state index < -0.39 is 0 Å². The minimum Gasteiger partial charge on any atom is -0.310 e. The summed E-state index contributed by atoms with van der Waals surface area (Å²) in [5.41, 5.74) is 17.3. The second-order valence-electron chi connectivity index (χ2n) is 13.1. The van der Waals surface area contributed by atoms with E-state index in [0.29, 0.717) is 0 Å². The van der Waals surface area contributed by atoms with Crippen molar-refractivity contribution in [2.75, 3.05) is 4.90 Å². The van der Waals surface area contributed by atoms with Crippen molar-refractivity contribution in [1.82, 2.24) is 0 Å². The number of fused-ring (bicyclic) bond motifs is 3. The van der Waals surface area contributed by atoms with Crippen molar-refractivity contribution in [1.29, 1.82) is 0 Å². The second-order valence-corrected chi connectivity index (χ2v) is 13.1. The van der Waals surface area contributed by atoms with Gasteiger partial charge in [0.05, 0.1) is 5.69 Å². The Morgan fingerprint density at radius 2 is 0.894 bits per heavy atom. The predicted octanol–water partition coefficient (Wildman–Crippen LogP) is 12.8. The molecule has 0 fully saturated rings. The zero-order chi connectivity index (χ0) is 32.0. The minimum atomic E-state index is -0.0980. The Hall–Kier alpha value is -5.66. The molecule has 0 aliphatic heterocycles. The van der Waals surface area contributed by atoms with Crippen LogP contribution in [0.2, 0.25) is 0 Å². The van der Waals surface area contributed by atoms with Crippen LogP contribution in [0.4, 0.5) is 17.1 Å². The molecule has 0 saturated heterocycles. The van der Waals surface area contributed by atoms with Gasteiger partial charge in [-0.1, -0.05) is 147 Å². The average molecular weight is 604 g/mol. The molecular weight excluding hydrogens is 567 g/mol. The van der Waals surface area contributed by atoms with Gasteiger partial charge in [0.25, 0.3) is 0 Å². The summed E-state index contributed by atoms with van der Waals surface area (Å²) >= 11 is 0. The van der Waals surface area contributed by atoms with Crippen LogP contribution in [0.15, 0.2) is 170 Å². The summed E-state index contributed by atoms with van der Waals surface area (Å²) in [6, 6.07) is 61.9. The molecule has 0 N–H and O–H groups in total. The van der Waals surface area contributed by atoms with Crippen LogP contribution in [-0.2, 0) is 5.41 Å². The smallest absolute Gasteiger partial charge is 0.0569 e. The van der Waals surface area contributed by atoms with Gasteiger partial charge in [-0.2, -0.15) is 0 Å². The fourth-order valence-corrected chi connectivity index (χ4v) is 7.38.